The Hall–Kier alpha value is -1.06. The van der Waals surface area contributed by atoms with Crippen molar-refractivity contribution < 1.29 is 0 Å². The average Bonchev–Trinajstić information content (AvgIpc) is 2.98. The molecule has 0 fully saturated rings. The van der Waals surface area contributed by atoms with Crippen LogP contribution >= 0.6 is 11.3 Å². The minimum Gasteiger partial charge on any atom is -0.352 e. The van der Waals surface area contributed by atoms with Gasteiger partial charge in [-0.1, -0.05) is 0 Å². The number of nitrogens with one attached hydrogen (secondary N) is 1. The lowest BCUT2D eigenvalue weighted by atomic mass is 9.94. The zero-order valence-corrected chi connectivity index (χ0v) is 12.8. The molecule has 1 aliphatic rings. The number of nitrogens with zero attached hydrogens (tertiary/aromatic N) is 1. The number of aromatic nitrogens is 1. The van der Waals surface area contributed by atoms with Crippen LogP contribution < -0.4 is 5.32 Å². The van der Waals surface area contributed by atoms with Crippen LogP contribution in [0.25, 0.3) is 0 Å². The Labute approximate surface area is 119 Å². The Bertz CT molecular complexity index is 580. The Balaban J connectivity index is 1.72. The lowest BCUT2D eigenvalue weighted by molar-refractivity contribution is 0.462. The normalized spacial score (nSPS) is 18.6. The molecule has 2 heterocycles. The molecule has 2 nitrogen and oxygen atoms in total. The molecule has 2 aromatic rings. The van der Waals surface area contributed by atoms with Crippen LogP contribution in [0.15, 0.2) is 17.5 Å². The Morgan fingerprint density at radius 2 is 2.26 bits per heavy atom. The van der Waals surface area contributed by atoms with Crippen molar-refractivity contribution in [2.45, 2.75) is 45.7 Å². The molecule has 0 radical (unpaired) electrons. The van der Waals surface area contributed by atoms with E-state index in [9.17, 15) is 0 Å². The molecule has 0 spiro atoms. The predicted octanol–water partition coefficient (Wildman–Crippen LogP) is 3.87. The first-order chi connectivity index (χ1) is 9.16. The zero-order chi connectivity index (χ0) is 13.4. The summed E-state index contributed by atoms with van der Waals surface area (Å²) >= 11 is 1.92. The van der Waals surface area contributed by atoms with Gasteiger partial charge in [-0.05, 0) is 61.7 Å². The topological polar surface area (TPSA) is 17.0 Å². The first kappa shape index (κ1) is 12.9. The fraction of sp³-hybridized carbons (Fsp3) is 0.500. The Morgan fingerprint density at radius 1 is 1.42 bits per heavy atom. The van der Waals surface area contributed by atoms with Crippen LogP contribution in [-0.4, -0.2) is 4.57 Å². The van der Waals surface area contributed by atoms with Gasteiger partial charge in [0.1, 0.15) is 0 Å². The molecule has 3 heteroatoms. The first-order valence-electron chi connectivity index (χ1n) is 7.08. The SMILES string of the molecule is Cc1cc(CNC2CCCc3sccc32)c(C)n1C. The number of rotatable bonds is 3. The van der Waals surface area contributed by atoms with Crippen LogP contribution in [0.4, 0.5) is 0 Å². The minimum absolute atomic E-state index is 0.551. The van der Waals surface area contributed by atoms with Gasteiger partial charge in [0.15, 0.2) is 0 Å². The molecule has 1 atom stereocenters. The van der Waals surface area contributed by atoms with Crippen molar-refractivity contribution >= 4 is 11.3 Å². The van der Waals surface area contributed by atoms with Crippen molar-refractivity contribution in [1.82, 2.24) is 9.88 Å². The Morgan fingerprint density at radius 3 is 3.00 bits per heavy atom. The van der Waals surface area contributed by atoms with Gasteiger partial charge in [0, 0.05) is 35.9 Å². The molecule has 0 amide bonds. The standard InChI is InChI=1S/C16H22N2S/c1-11-9-13(12(2)18(11)3)10-17-15-5-4-6-16-14(15)7-8-19-16/h7-9,15,17H,4-6,10H2,1-3H3. The van der Waals surface area contributed by atoms with Gasteiger partial charge in [0.2, 0.25) is 0 Å². The molecular formula is C16H22N2S. The fourth-order valence-corrected chi connectivity index (χ4v) is 4.03. The van der Waals surface area contributed by atoms with E-state index < -0.39 is 0 Å². The summed E-state index contributed by atoms with van der Waals surface area (Å²) in [5.41, 5.74) is 5.70. The third-order valence-corrected chi connectivity index (χ3v) is 5.47. The van der Waals surface area contributed by atoms with Gasteiger partial charge >= 0.3 is 0 Å². The molecule has 0 saturated heterocycles. The van der Waals surface area contributed by atoms with Crippen molar-refractivity contribution in [1.29, 1.82) is 0 Å². The first-order valence-corrected chi connectivity index (χ1v) is 7.96. The molecule has 3 rings (SSSR count). The summed E-state index contributed by atoms with van der Waals surface area (Å²) in [5.74, 6) is 0. The summed E-state index contributed by atoms with van der Waals surface area (Å²) in [7, 11) is 2.14. The van der Waals surface area contributed by atoms with E-state index in [4.69, 9.17) is 0 Å². The highest BCUT2D eigenvalue weighted by Crippen LogP contribution is 2.33. The number of hydrogen-bond acceptors (Lipinski definition) is 2. The summed E-state index contributed by atoms with van der Waals surface area (Å²) in [6.07, 6.45) is 3.86. The molecule has 1 N–H and O–H groups in total. The van der Waals surface area contributed by atoms with Gasteiger partial charge in [0.25, 0.3) is 0 Å². The van der Waals surface area contributed by atoms with E-state index in [1.165, 1.54) is 36.2 Å². The van der Waals surface area contributed by atoms with Gasteiger partial charge in [-0.3, -0.25) is 0 Å². The predicted molar refractivity (Wildman–Crippen MR) is 81.7 cm³/mol. The van der Waals surface area contributed by atoms with Crippen molar-refractivity contribution in [3.63, 3.8) is 0 Å². The highest BCUT2D eigenvalue weighted by atomic mass is 32.1. The van der Waals surface area contributed by atoms with E-state index in [-0.39, 0.29) is 0 Å². The van der Waals surface area contributed by atoms with Crippen LogP contribution in [-0.2, 0) is 20.0 Å². The summed E-state index contributed by atoms with van der Waals surface area (Å²) < 4.78 is 2.27. The van der Waals surface area contributed by atoms with Crippen LogP contribution in [0.3, 0.4) is 0 Å². The molecule has 2 aromatic heterocycles. The molecule has 1 unspecified atom stereocenters. The zero-order valence-electron chi connectivity index (χ0n) is 12.0. The molecule has 0 saturated carbocycles. The third kappa shape index (κ3) is 2.37. The smallest absolute Gasteiger partial charge is 0.0334 e. The summed E-state index contributed by atoms with van der Waals surface area (Å²) in [6.45, 7) is 5.36. The van der Waals surface area contributed by atoms with Crippen molar-refractivity contribution in [2.75, 3.05) is 0 Å². The fourth-order valence-electron chi connectivity index (χ4n) is 3.04. The average molecular weight is 274 g/mol. The highest BCUT2D eigenvalue weighted by molar-refractivity contribution is 7.10. The molecule has 0 bridgehead atoms. The quantitative estimate of drug-likeness (QED) is 0.899. The highest BCUT2D eigenvalue weighted by Gasteiger charge is 2.20. The number of thiophene rings is 1. The Kier molecular flexibility index (Phi) is 3.50. The maximum absolute atomic E-state index is 3.75. The molecule has 0 aliphatic heterocycles. The van der Waals surface area contributed by atoms with Gasteiger partial charge in [-0.2, -0.15) is 0 Å². The van der Waals surface area contributed by atoms with Crippen LogP contribution in [0.2, 0.25) is 0 Å². The van der Waals surface area contributed by atoms with E-state index in [0.717, 1.165) is 6.54 Å². The second kappa shape index (κ2) is 5.14. The second-order valence-electron chi connectivity index (χ2n) is 5.58. The van der Waals surface area contributed by atoms with Crippen molar-refractivity contribution in [3.8, 4) is 0 Å². The lowest BCUT2D eigenvalue weighted by Gasteiger charge is -2.23. The maximum atomic E-state index is 3.75. The van der Waals surface area contributed by atoms with Crippen LogP contribution in [0.1, 0.15) is 46.3 Å². The van der Waals surface area contributed by atoms with E-state index in [1.807, 2.05) is 11.3 Å². The second-order valence-corrected chi connectivity index (χ2v) is 6.58. The number of fused-ring (bicyclic) bond motifs is 1. The number of aryl methyl sites for hydroxylation is 2. The van der Waals surface area contributed by atoms with E-state index >= 15 is 0 Å². The molecule has 1 aliphatic carbocycles. The minimum atomic E-state index is 0.551. The van der Waals surface area contributed by atoms with Crippen LogP contribution in [0, 0.1) is 13.8 Å². The maximum Gasteiger partial charge on any atom is 0.0334 e. The van der Waals surface area contributed by atoms with Gasteiger partial charge in [-0.25, -0.2) is 0 Å². The summed E-state index contributed by atoms with van der Waals surface area (Å²) in [4.78, 5) is 1.59. The van der Waals surface area contributed by atoms with E-state index in [0.29, 0.717) is 6.04 Å². The molecular weight excluding hydrogens is 252 g/mol. The van der Waals surface area contributed by atoms with Crippen LogP contribution in [0.5, 0.6) is 0 Å². The summed E-state index contributed by atoms with van der Waals surface area (Å²) in [5, 5.41) is 5.99. The summed E-state index contributed by atoms with van der Waals surface area (Å²) in [6, 6.07) is 5.16. The van der Waals surface area contributed by atoms with Gasteiger partial charge < -0.3 is 9.88 Å². The van der Waals surface area contributed by atoms with E-state index in [1.54, 1.807) is 10.4 Å². The molecule has 0 aromatic carbocycles. The lowest BCUT2D eigenvalue weighted by Crippen LogP contribution is -2.24. The molecule has 102 valence electrons. The largest absolute Gasteiger partial charge is 0.352 e. The molecule has 19 heavy (non-hydrogen) atoms. The van der Waals surface area contributed by atoms with Crippen molar-refractivity contribution in [3.05, 3.63) is 44.9 Å². The van der Waals surface area contributed by atoms with Crippen molar-refractivity contribution in [2.24, 2.45) is 7.05 Å². The van der Waals surface area contributed by atoms with Gasteiger partial charge in [0.05, 0.1) is 0 Å². The third-order valence-electron chi connectivity index (χ3n) is 4.47. The number of hydrogen-bond donors (Lipinski definition) is 1. The monoisotopic (exact) mass is 274 g/mol. The van der Waals surface area contributed by atoms with E-state index in [2.05, 4.69) is 48.3 Å². The van der Waals surface area contributed by atoms with Gasteiger partial charge in [-0.15, -0.1) is 11.3 Å².